The van der Waals surface area contributed by atoms with Gasteiger partial charge in [-0.15, -0.1) is 0 Å². The van der Waals surface area contributed by atoms with Crippen LogP contribution in [0.4, 0.5) is 0 Å². The topological polar surface area (TPSA) is 79.0 Å². The summed E-state index contributed by atoms with van der Waals surface area (Å²) in [6, 6.07) is 0.229. The van der Waals surface area contributed by atoms with Gasteiger partial charge in [0.2, 0.25) is 5.91 Å². The maximum Gasteiger partial charge on any atom is 0.230 e. The van der Waals surface area contributed by atoms with Crippen molar-refractivity contribution < 1.29 is 14.6 Å². The van der Waals surface area contributed by atoms with Gasteiger partial charge >= 0.3 is 0 Å². The van der Waals surface area contributed by atoms with E-state index >= 15 is 0 Å². The Morgan fingerprint density at radius 1 is 1.38 bits per heavy atom. The van der Waals surface area contributed by atoms with Gasteiger partial charge in [0.1, 0.15) is 0 Å². The van der Waals surface area contributed by atoms with Crippen molar-refractivity contribution in [2.24, 2.45) is 11.1 Å². The van der Waals surface area contributed by atoms with Gasteiger partial charge in [0, 0.05) is 32.3 Å². The molecular formula is C15H29N3O3. The summed E-state index contributed by atoms with van der Waals surface area (Å²) in [5.41, 5.74) is 5.46. The summed E-state index contributed by atoms with van der Waals surface area (Å²) in [6.07, 6.45) is 3.33. The molecule has 0 aliphatic carbocycles. The van der Waals surface area contributed by atoms with Crippen LogP contribution in [0.5, 0.6) is 0 Å². The summed E-state index contributed by atoms with van der Waals surface area (Å²) in [4.78, 5) is 17.3. The normalized spacial score (nSPS) is 24.0. The lowest BCUT2D eigenvalue weighted by Gasteiger charge is -2.43. The van der Waals surface area contributed by atoms with Crippen LogP contribution in [0.1, 0.15) is 25.7 Å². The minimum absolute atomic E-state index is 0.00916. The lowest BCUT2D eigenvalue weighted by atomic mass is 9.78. The second kappa shape index (κ2) is 7.54. The predicted molar refractivity (Wildman–Crippen MR) is 80.9 cm³/mol. The van der Waals surface area contributed by atoms with Gasteiger partial charge in [-0.1, -0.05) is 0 Å². The highest BCUT2D eigenvalue weighted by molar-refractivity contribution is 5.83. The molecule has 122 valence electrons. The summed E-state index contributed by atoms with van der Waals surface area (Å²) in [6.45, 7) is 3.98. The van der Waals surface area contributed by atoms with Crippen LogP contribution in [0.15, 0.2) is 0 Å². The molecule has 2 aliphatic heterocycles. The molecule has 0 aromatic carbocycles. The third-order valence-electron chi connectivity index (χ3n) is 5.02. The number of hydrogen-bond acceptors (Lipinski definition) is 5. The summed E-state index contributed by atoms with van der Waals surface area (Å²) >= 11 is 0. The number of carbonyl (C=O) groups is 1. The first-order valence-corrected chi connectivity index (χ1v) is 8.01. The van der Waals surface area contributed by atoms with Crippen molar-refractivity contribution in [2.45, 2.75) is 31.7 Å². The van der Waals surface area contributed by atoms with Crippen molar-refractivity contribution in [3.8, 4) is 0 Å². The summed E-state index contributed by atoms with van der Waals surface area (Å²) in [5, 5.41) is 9.36. The molecule has 0 saturated carbocycles. The fourth-order valence-corrected chi connectivity index (χ4v) is 3.44. The van der Waals surface area contributed by atoms with E-state index in [2.05, 4.69) is 11.9 Å². The van der Waals surface area contributed by atoms with Crippen LogP contribution in [-0.4, -0.2) is 79.9 Å². The second-order valence-corrected chi connectivity index (χ2v) is 6.35. The number of likely N-dealkylation sites (tertiary alicyclic amines) is 1. The SMILES string of the molecule is CN1CCC(N(CCO)C(=O)C2(CN)CCOCC2)CC1. The number of aliphatic hydroxyl groups is 1. The van der Waals surface area contributed by atoms with Gasteiger partial charge in [0.05, 0.1) is 12.0 Å². The van der Waals surface area contributed by atoms with Crippen molar-refractivity contribution in [1.82, 2.24) is 9.80 Å². The van der Waals surface area contributed by atoms with Crippen LogP contribution in [0.25, 0.3) is 0 Å². The van der Waals surface area contributed by atoms with E-state index in [9.17, 15) is 9.90 Å². The minimum Gasteiger partial charge on any atom is -0.395 e. The zero-order chi connectivity index (χ0) is 15.3. The number of nitrogens with zero attached hydrogens (tertiary/aromatic N) is 2. The van der Waals surface area contributed by atoms with Crippen molar-refractivity contribution in [1.29, 1.82) is 0 Å². The average molecular weight is 299 g/mol. The third kappa shape index (κ3) is 3.74. The number of hydrogen-bond donors (Lipinski definition) is 2. The highest BCUT2D eigenvalue weighted by Gasteiger charge is 2.43. The van der Waals surface area contributed by atoms with Gasteiger partial charge in [-0.2, -0.15) is 0 Å². The van der Waals surface area contributed by atoms with E-state index in [0.29, 0.717) is 39.1 Å². The second-order valence-electron chi connectivity index (χ2n) is 6.35. The van der Waals surface area contributed by atoms with Crippen LogP contribution >= 0.6 is 0 Å². The van der Waals surface area contributed by atoms with Crippen LogP contribution in [0.3, 0.4) is 0 Å². The highest BCUT2D eigenvalue weighted by Crippen LogP contribution is 2.33. The standard InChI is InChI=1S/C15H29N3O3/c1-17-6-2-13(3-7-17)18(8-9-19)14(20)15(12-16)4-10-21-11-5-15/h13,19H,2-12,16H2,1H3. The van der Waals surface area contributed by atoms with Crippen LogP contribution in [0.2, 0.25) is 0 Å². The van der Waals surface area contributed by atoms with Crippen molar-refractivity contribution in [3.63, 3.8) is 0 Å². The first-order valence-electron chi connectivity index (χ1n) is 8.01. The fraction of sp³-hybridized carbons (Fsp3) is 0.933. The molecule has 0 bridgehead atoms. The number of rotatable bonds is 5. The van der Waals surface area contributed by atoms with Crippen molar-refractivity contribution >= 4 is 5.91 Å². The Balaban J connectivity index is 2.10. The van der Waals surface area contributed by atoms with Crippen LogP contribution in [-0.2, 0) is 9.53 Å². The molecule has 0 radical (unpaired) electrons. The van der Waals surface area contributed by atoms with Gasteiger partial charge in [-0.05, 0) is 45.8 Å². The van der Waals surface area contributed by atoms with Gasteiger partial charge < -0.3 is 25.4 Å². The Kier molecular flexibility index (Phi) is 5.98. The van der Waals surface area contributed by atoms with E-state index in [1.54, 1.807) is 0 Å². The zero-order valence-electron chi connectivity index (χ0n) is 13.1. The lowest BCUT2D eigenvalue weighted by molar-refractivity contribution is -0.151. The minimum atomic E-state index is -0.489. The molecule has 2 saturated heterocycles. The molecule has 0 unspecified atom stereocenters. The molecule has 0 aromatic heterocycles. The lowest BCUT2D eigenvalue weighted by Crippen LogP contribution is -2.56. The average Bonchev–Trinajstić information content (AvgIpc) is 2.53. The van der Waals surface area contributed by atoms with E-state index in [4.69, 9.17) is 10.5 Å². The molecule has 1 amide bonds. The molecule has 2 heterocycles. The van der Waals surface area contributed by atoms with Gasteiger partial charge in [-0.25, -0.2) is 0 Å². The Hall–Kier alpha value is -0.690. The van der Waals surface area contributed by atoms with Gasteiger partial charge in [-0.3, -0.25) is 4.79 Å². The monoisotopic (exact) mass is 299 g/mol. The molecule has 6 heteroatoms. The first kappa shape index (κ1) is 16.7. The zero-order valence-corrected chi connectivity index (χ0v) is 13.1. The molecule has 0 atom stereocenters. The Morgan fingerprint density at radius 3 is 2.52 bits per heavy atom. The van der Waals surface area contributed by atoms with Gasteiger partial charge in [0.25, 0.3) is 0 Å². The molecule has 0 aromatic rings. The molecule has 3 N–H and O–H groups in total. The molecular weight excluding hydrogens is 270 g/mol. The summed E-state index contributed by atoms with van der Waals surface area (Å²) < 4.78 is 5.39. The molecule has 2 aliphatic rings. The quantitative estimate of drug-likeness (QED) is 0.726. The van der Waals surface area contributed by atoms with E-state index in [-0.39, 0.29) is 18.6 Å². The van der Waals surface area contributed by atoms with Crippen molar-refractivity contribution in [2.75, 3.05) is 53.0 Å². The van der Waals surface area contributed by atoms with Crippen LogP contribution < -0.4 is 5.73 Å². The predicted octanol–water partition coefficient (Wildman–Crippen LogP) is -0.343. The van der Waals surface area contributed by atoms with E-state index in [1.165, 1.54) is 0 Å². The molecule has 0 spiro atoms. The number of ether oxygens (including phenoxy) is 1. The summed E-state index contributed by atoms with van der Waals surface area (Å²) in [7, 11) is 2.11. The maximum absolute atomic E-state index is 13.1. The number of nitrogens with two attached hydrogens (primary N) is 1. The first-order chi connectivity index (χ1) is 10.1. The maximum atomic E-state index is 13.1. The molecule has 6 nitrogen and oxygen atoms in total. The third-order valence-corrected chi connectivity index (χ3v) is 5.02. The Bertz CT molecular complexity index is 337. The van der Waals surface area contributed by atoms with E-state index in [0.717, 1.165) is 25.9 Å². The Labute approximate surface area is 127 Å². The highest BCUT2D eigenvalue weighted by atomic mass is 16.5. The number of piperidine rings is 1. The van der Waals surface area contributed by atoms with Crippen molar-refractivity contribution in [3.05, 3.63) is 0 Å². The Morgan fingerprint density at radius 2 is 2.00 bits per heavy atom. The molecule has 2 fully saturated rings. The number of amides is 1. The van der Waals surface area contributed by atoms with E-state index in [1.807, 2.05) is 4.90 Å². The van der Waals surface area contributed by atoms with Gasteiger partial charge in [0.15, 0.2) is 0 Å². The fourth-order valence-electron chi connectivity index (χ4n) is 3.44. The summed E-state index contributed by atoms with van der Waals surface area (Å²) in [5.74, 6) is 0.122. The smallest absolute Gasteiger partial charge is 0.230 e. The molecule has 2 rings (SSSR count). The number of carbonyl (C=O) groups excluding carboxylic acids is 1. The molecule has 21 heavy (non-hydrogen) atoms. The van der Waals surface area contributed by atoms with Crippen LogP contribution in [0, 0.1) is 5.41 Å². The van der Waals surface area contributed by atoms with E-state index < -0.39 is 5.41 Å². The largest absolute Gasteiger partial charge is 0.395 e. The number of aliphatic hydroxyl groups excluding tert-OH is 1.